The normalized spacial score (nSPS) is 14.6. The summed E-state index contributed by atoms with van der Waals surface area (Å²) in [4.78, 5) is 11.2. The first-order valence-electron chi connectivity index (χ1n) is 7.25. The molecule has 0 saturated carbocycles. The van der Waals surface area contributed by atoms with Crippen molar-refractivity contribution >= 4 is 5.97 Å². The summed E-state index contributed by atoms with van der Waals surface area (Å²) >= 11 is 0. The van der Waals surface area contributed by atoms with Crippen LogP contribution < -0.4 is 0 Å². The maximum atomic E-state index is 11.2. The minimum Gasteiger partial charge on any atom is -0.463 e. The van der Waals surface area contributed by atoms with E-state index in [9.17, 15) is 4.79 Å². The van der Waals surface area contributed by atoms with Gasteiger partial charge in [-0.25, -0.2) is 0 Å². The second-order valence-electron chi connectivity index (χ2n) is 5.87. The van der Waals surface area contributed by atoms with Crippen molar-refractivity contribution in [3.63, 3.8) is 0 Å². The second-order valence-corrected chi connectivity index (χ2v) is 5.87. The molecule has 0 heterocycles. The minimum absolute atomic E-state index is 0.0442. The standard InChI is InChI=1S/C16H30O3/c1-8-14(10-12(3)4)13(5)19-16(6,7)11-18-15(17)9-2/h10,12-13H,8-9,11H2,1-7H3/b14-10+. The van der Waals surface area contributed by atoms with Gasteiger partial charge in [-0.2, -0.15) is 0 Å². The fourth-order valence-electron chi connectivity index (χ4n) is 1.91. The number of carbonyl (C=O) groups is 1. The highest BCUT2D eigenvalue weighted by Crippen LogP contribution is 2.21. The van der Waals surface area contributed by atoms with E-state index in [0.29, 0.717) is 18.9 Å². The maximum Gasteiger partial charge on any atom is 0.305 e. The van der Waals surface area contributed by atoms with Crippen LogP contribution in [0.3, 0.4) is 0 Å². The van der Waals surface area contributed by atoms with E-state index in [1.807, 2.05) is 13.8 Å². The average Bonchev–Trinajstić information content (AvgIpc) is 2.32. The van der Waals surface area contributed by atoms with E-state index in [4.69, 9.17) is 9.47 Å². The molecule has 0 aromatic rings. The first kappa shape index (κ1) is 18.2. The molecule has 0 aromatic heterocycles. The Balaban J connectivity index is 4.50. The predicted molar refractivity (Wildman–Crippen MR) is 79.1 cm³/mol. The zero-order valence-electron chi connectivity index (χ0n) is 13.6. The zero-order chi connectivity index (χ0) is 15.1. The molecule has 0 saturated heterocycles. The summed E-state index contributed by atoms with van der Waals surface area (Å²) in [5, 5.41) is 0. The lowest BCUT2D eigenvalue weighted by atomic mass is 10.0. The Labute approximate surface area is 118 Å². The van der Waals surface area contributed by atoms with Crippen LogP contribution in [0.2, 0.25) is 0 Å². The van der Waals surface area contributed by atoms with Crippen molar-refractivity contribution in [2.24, 2.45) is 5.92 Å². The van der Waals surface area contributed by atoms with Crippen LogP contribution in [-0.4, -0.2) is 24.3 Å². The van der Waals surface area contributed by atoms with Crippen LogP contribution in [0.1, 0.15) is 61.3 Å². The molecule has 0 amide bonds. The maximum absolute atomic E-state index is 11.2. The summed E-state index contributed by atoms with van der Waals surface area (Å²) in [5.74, 6) is 0.333. The van der Waals surface area contributed by atoms with Gasteiger partial charge < -0.3 is 9.47 Å². The van der Waals surface area contributed by atoms with Crippen LogP contribution in [-0.2, 0) is 14.3 Å². The van der Waals surface area contributed by atoms with Crippen molar-refractivity contribution in [1.29, 1.82) is 0 Å². The van der Waals surface area contributed by atoms with Crippen molar-refractivity contribution in [3.8, 4) is 0 Å². The minimum atomic E-state index is -0.463. The van der Waals surface area contributed by atoms with Gasteiger partial charge in [0.15, 0.2) is 0 Å². The summed E-state index contributed by atoms with van der Waals surface area (Å²) in [7, 11) is 0. The highest BCUT2D eigenvalue weighted by Gasteiger charge is 2.24. The van der Waals surface area contributed by atoms with Gasteiger partial charge in [0, 0.05) is 6.42 Å². The molecule has 0 aromatic carbocycles. The number of hydrogen-bond acceptors (Lipinski definition) is 3. The Morgan fingerprint density at radius 1 is 1.16 bits per heavy atom. The third-order valence-electron chi connectivity index (χ3n) is 2.84. The third-order valence-corrected chi connectivity index (χ3v) is 2.84. The molecule has 0 rings (SSSR count). The number of allylic oxidation sites excluding steroid dienone is 1. The van der Waals surface area contributed by atoms with Crippen molar-refractivity contribution in [2.75, 3.05) is 6.61 Å². The molecule has 1 atom stereocenters. The van der Waals surface area contributed by atoms with Gasteiger partial charge >= 0.3 is 5.97 Å². The molecule has 0 aliphatic heterocycles. The SMILES string of the molecule is CCC(=O)OCC(C)(C)OC(C)/C(=C/C(C)C)CC. The highest BCUT2D eigenvalue weighted by molar-refractivity contribution is 5.68. The van der Waals surface area contributed by atoms with Crippen LogP contribution in [0.25, 0.3) is 0 Å². The smallest absolute Gasteiger partial charge is 0.305 e. The lowest BCUT2D eigenvalue weighted by Crippen LogP contribution is -2.36. The Kier molecular flexibility index (Phi) is 8.00. The summed E-state index contributed by atoms with van der Waals surface area (Å²) < 4.78 is 11.2. The molecular formula is C16H30O3. The van der Waals surface area contributed by atoms with Crippen molar-refractivity contribution in [2.45, 2.75) is 73.0 Å². The van der Waals surface area contributed by atoms with E-state index in [1.54, 1.807) is 6.92 Å². The zero-order valence-corrected chi connectivity index (χ0v) is 13.6. The molecule has 0 fully saturated rings. The van der Waals surface area contributed by atoms with Crippen LogP contribution in [0.5, 0.6) is 0 Å². The molecule has 1 unspecified atom stereocenters. The number of ether oxygens (including phenoxy) is 2. The Hall–Kier alpha value is -0.830. The van der Waals surface area contributed by atoms with Crippen LogP contribution in [0.15, 0.2) is 11.6 Å². The number of carbonyl (C=O) groups excluding carboxylic acids is 1. The second kappa shape index (κ2) is 8.36. The van der Waals surface area contributed by atoms with Gasteiger partial charge in [-0.3, -0.25) is 4.79 Å². The molecule has 0 spiro atoms. The monoisotopic (exact) mass is 270 g/mol. The highest BCUT2D eigenvalue weighted by atomic mass is 16.6. The van der Waals surface area contributed by atoms with Crippen LogP contribution in [0.4, 0.5) is 0 Å². The summed E-state index contributed by atoms with van der Waals surface area (Å²) in [6.07, 6.45) is 3.67. The fourth-order valence-corrected chi connectivity index (χ4v) is 1.91. The average molecular weight is 270 g/mol. The summed E-state index contributed by atoms with van der Waals surface area (Å²) in [5.41, 5.74) is 0.833. The topological polar surface area (TPSA) is 35.5 Å². The molecule has 0 N–H and O–H groups in total. The van der Waals surface area contributed by atoms with E-state index in [-0.39, 0.29) is 12.1 Å². The van der Waals surface area contributed by atoms with Gasteiger partial charge in [-0.1, -0.05) is 33.8 Å². The number of esters is 1. The van der Waals surface area contributed by atoms with Gasteiger partial charge in [-0.05, 0) is 38.7 Å². The van der Waals surface area contributed by atoms with Gasteiger partial charge in [0.2, 0.25) is 0 Å². The molecule has 0 aliphatic rings. The van der Waals surface area contributed by atoms with E-state index in [2.05, 4.69) is 33.8 Å². The first-order valence-corrected chi connectivity index (χ1v) is 7.25. The molecular weight excluding hydrogens is 240 g/mol. The molecule has 0 bridgehead atoms. The van der Waals surface area contributed by atoms with E-state index in [1.165, 1.54) is 5.57 Å². The predicted octanol–water partition coefficient (Wildman–Crippen LogP) is 4.12. The van der Waals surface area contributed by atoms with Gasteiger partial charge in [0.25, 0.3) is 0 Å². The Bertz CT molecular complexity index is 303. The van der Waals surface area contributed by atoms with E-state index < -0.39 is 5.60 Å². The first-order chi connectivity index (χ1) is 8.71. The fraction of sp³-hybridized carbons (Fsp3) is 0.812. The third kappa shape index (κ3) is 8.04. The summed E-state index contributed by atoms with van der Waals surface area (Å²) in [6, 6.07) is 0. The molecule has 0 radical (unpaired) electrons. The lowest BCUT2D eigenvalue weighted by Gasteiger charge is -2.30. The molecule has 0 aliphatic carbocycles. The lowest BCUT2D eigenvalue weighted by molar-refractivity contribution is -0.155. The molecule has 112 valence electrons. The largest absolute Gasteiger partial charge is 0.463 e. The molecule has 19 heavy (non-hydrogen) atoms. The Morgan fingerprint density at radius 2 is 1.74 bits per heavy atom. The van der Waals surface area contributed by atoms with Gasteiger partial charge in [-0.15, -0.1) is 0 Å². The van der Waals surface area contributed by atoms with Crippen molar-refractivity contribution in [3.05, 3.63) is 11.6 Å². The van der Waals surface area contributed by atoms with Crippen LogP contribution >= 0.6 is 0 Å². The van der Waals surface area contributed by atoms with Gasteiger partial charge in [0.1, 0.15) is 6.61 Å². The van der Waals surface area contributed by atoms with Gasteiger partial charge in [0.05, 0.1) is 11.7 Å². The summed E-state index contributed by atoms with van der Waals surface area (Å²) in [6.45, 7) is 14.5. The number of rotatable bonds is 8. The molecule has 3 nitrogen and oxygen atoms in total. The quantitative estimate of drug-likeness (QED) is 0.492. The van der Waals surface area contributed by atoms with Crippen molar-refractivity contribution < 1.29 is 14.3 Å². The van der Waals surface area contributed by atoms with Crippen molar-refractivity contribution in [1.82, 2.24) is 0 Å². The number of hydrogen-bond donors (Lipinski definition) is 0. The van der Waals surface area contributed by atoms with E-state index >= 15 is 0 Å². The van der Waals surface area contributed by atoms with Crippen LogP contribution in [0, 0.1) is 5.92 Å². The van der Waals surface area contributed by atoms with E-state index in [0.717, 1.165) is 6.42 Å². The molecule has 3 heteroatoms. The Morgan fingerprint density at radius 3 is 2.16 bits per heavy atom.